The summed E-state index contributed by atoms with van der Waals surface area (Å²) in [5.74, 6) is -0.638. The van der Waals surface area contributed by atoms with Crippen molar-refractivity contribution in [2.45, 2.75) is 18.4 Å². The maximum Gasteiger partial charge on any atom is 0.418 e. The number of carbonyl (C=O) groups is 3. The van der Waals surface area contributed by atoms with Crippen LogP contribution < -0.4 is 5.32 Å². The Labute approximate surface area is 193 Å². The maximum absolute atomic E-state index is 13.1. The number of benzene rings is 2. The van der Waals surface area contributed by atoms with Gasteiger partial charge in [-0.2, -0.15) is 0 Å². The molecule has 32 heavy (non-hydrogen) atoms. The highest BCUT2D eigenvalue weighted by Gasteiger charge is 2.43. The molecule has 0 aliphatic heterocycles. The number of fused-ring (bicyclic) bond motifs is 1. The highest BCUT2D eigenvalue weighted by Crippen LogP contribution is 2.29. The van der Waals surface area contributed by atoms with E-state index in [2.05, 4.69) is 21.2 Å². The van der Waals surface area contributed by atoms with Crippen molar-refractivity contribution in [2.75, 3.05) is 21.3 Å². The second-order valence-corrected chi connectivity index (χ2v) is 8.10. The number of esters is 1. The first-order valence-electron chi connectivity index (χ1n) is 9.70. The topological polar surface area (TPSA) is 95.9 Å². The van der Waals surface area contributed by atoms with Crippen LogP contribution in [0.1, 0.15) is 11.1 Å². The molecule has 1 heterocycles. The Morgan fingerprint density at radius 1 is 0.938 bits per heavy atom. The van der Waals surface area contributed by atoms with E-state index >= 15 is 0 Å². The van der Waals surface area contributed by atoms with Crippen molar-refractivity contribution in [1.82, 2.24) is 9.88 Å². The molecule has 9 heteroatoms. The van der Waals surface area contributed by atoms with Crippen molar-refractivity contribution in [3.8, 4) is 0 Å². The number of rotatable bonds is 6. The quantitative estimate of drug-likeness (QED) is 0.403. The molecule has 0 aliphatic rings. The molecule has 3 rings (SSSR count). The Balaban J connectivity index is 2.14. The standard InChI is InChI=1S/C23H23BrN2O6/c1-30-20(27)23(25-21(28)31-2,12-15-8-10-17(24)11-9-15)13-16-14-26(22(29)32-3)19-7-5-4-6-18(16)19/h4-11,14H,12-13H2,1-3H3,(H,25,28)/t23-/m1/s1. The number of carbonyl (C=O) groups excluding carboxylic acids is 3. The first-order valence-corrected chi connectivity index (χ1v) is 10.5. The van der Waals surface area contributed by atoms with E-state index in [1.165, 1.54) is 25.9 Å². The Hall–Kier alpha value is -3.33. The molecule has 168 valence electrons. The van der Waals surface area contributed by atoms with Crippen LogP contribution in [0.25, 0.3) is 10.9 Å². The number of alkyl carbamates (subject to hydrolysis) is 1. The molecule has 0 radical (unpaired) electrons. The smallest absolute Gasteiger partial charge is 0.418 e. The van der Waals surface area contributed by atoms with Gasteiger partial charge in [0.15, 0.2) is 0 Å². The lowest BCUT2D eigenvalue weighted by Crippen LogP contribution is -2.58. The van der Waals surface area contributed by atoms with Gasteiger partial charge in [-0.3, -0.25) is 4.57 Å². The zero-order valence-electron chi connectivity index (χ0n) is 17.9. The fourth-order valence-electron chi connectivity index (χ4n) is 3.70. The van der Waals surface area contributed by atoms with Gasteiger partial charge in [-0.15, -0.1) is 0 Å². The third-order valence-electron chi connectivity index (χ3n) is 5.18. The molecule has 0 saturated carbocycles. The molecule has 0 bridgehead atoms. The van der Waals surface area contributed by atoms with Gasteiger partial charge >= 0.3 is 18.2 Å². The molecule has 1 amide bonds. The summed E-state index contributed by atoms with van der Waals surface area (Å²) in [6, 6.07) is 14.6. The molecule has 1 aromatic heterocycles. The van der Waals surface area contributed by atoms with E-state index in [9.17, 15) is 14.4 Å². The molecule has 8 nitrogen and oxygen atoms in total. The minimum absolute atomic E-state index is 0.0509. The number of halogens is 1. The maximum atomic E-state index is 13.1. The fourth-order valence-corrected chi connectivity index (χ4v) is 3.97. The van der Waals surface area contributed by atoms with Gasteiger partial charge in [-0.05, 0) is 29.3 Å². The molecule has 0 unspecified atom stereocenters. The average molecular weight is 503 g/mol. The number of hydrogen-bond donors (Lipinski definition) is 1. The number of methoxy groups -OCH3 is 3. The van der Waals surface area contributed by atoms with Crippen LogP contribution in [0, 0.1) is 0 Å². The molecule has 0 aliphatic carbocycles. The van der Waals surface area contributed by atoms with Crippen molar-refractivity contribution in [3.63, 3.8) is 0 Å². The second-order valence-electron chi connectivity index (χ2n) is 7.18. The number of para-hydroxylation sites is 1. The van der Waals surface area contributed by atoms with Crippen molar-refractivity contribution >= 4 is 45.0 Å². The molecular weight excluding hydrogens is 480 g/mol. The Morgan fingerprint density at radius 3 is 2.25 bits per heavy atom. The van der Waals surface area contributed by atoms with E-state index in [0.29, 0.717) is 11.1 Å². The molecule has 0 spiro atoms. The highest BCUT2D eigenvalue weighted by atomic mass is 79.9. The summed E-state index contributed by atoms with van der Waals surface area (Å²) in [6.45, 7) is 0. The summed E-state index contributed by atoms with van der Waals surface area (Å²) in [7, 11) is 3.78. The summed E-state index contributed by atoms with van der Waals surface area (Å²) in [6.07, 6.45) is 0.457. The summed E-state index contributed by atoms with van der Waals surface area (Å²) in [5.41, 5.74) is 0.590. The monoisotopic (exact) mass is 502 g/mol. The van der Waals surface area contributed by atoms with Crippen molar-refractivity contribution < 1.29 is 28.6 Å². The van der Waals surface area contributed by atoms with Crippen LogP contribution in [0.4, 0.5) is 9.59 Å². The van der Waals surface area contributed by atoms with Crippen LogP contribution in [-0.2, 0) is 31.8 Å². The molecule has 0 fully saturated rings. The van der Waals surface area contributed by atoms with Gasteiger partial charge < -0.3 is 19.5 Å². The molecule has 2 aromatic carbocycles. The number of hydrogen-bond acceptors (Lipinski definition) is 6. The Bertz CT molecular complexity index is 1140. The van der Waals surface area contributed by atoms with E-state index in [1.807, 2.05) is 36.4 Å². The second kappa shape index (κ2) is 9.86. The van der Waals surface area contributed by atoms with Crippen LogP contribution in [0.3, 0.4) is 0 Å². The first kappa shape index (κ1) is 23.3. The van der Waals surface area contributed by atoms with Gasteiger partial charge in [0.05, 0.1) is 26.8 Å². The lowest BCUT2D eigenvalue weighted by Gasteiger charge is -2.31. The zero-order chi connectivity index (χ0) is 23.3. The molecule has 1 N–H and O–H groups in total. The summed E-state index contributed by atoms with van der Waals surface area (Å²) < 4.78 is 17.0. The predicted octanol–water partition coefficient (Wildman–Crippen LogP) is 4.07. The number of nitrogens with zero attached hydrogens (tertiary/aromatic N) is 1. The molecular formula is C23H23BrN2O6. The van der Waals surface area contributed by atoms with Gasteiger partial charge in [0.25, 0.3) is 0 Å². The number of amides is 1. The summed E-state index contributed by atoms with van der Waals surface area (Å²) >= 11 is 3.40. The van der Waals surface area contributed by atoms with Crippen LogP contribution in [-0.4, -0.2) is 49.6 Å². The number of nitrogens with one attached hydrogen (secondary N) is 1. The minimum atomic E-state index is -1.49. The molecule has 0 saturated heterocycles. The lowest BCUT2D eigenvalue weighted by molar-refractivity contribution is -0.148. The Morgan fingerprint density at radius 2 is 1.62 bits per heavy atom. The van der Waals surface area contributed by atoms with Gasteiger partial charge in [0.1, 0.15) is 5.54 Å². The lowest BCUT2D eigenvalue weighted by atomic mass is 9.84. The molecule has 1 atom stereocenters. The predicted molar refractivity (Wildman–Crippen MR) is 122 cm³/mol. The fraction of sp³-hybridized carbons (Fsp3) is 0.261. The number of aromatic nitrogens is 1. The molecule has 3 aromatic rings. The van der Waals surface area contributed by atoms with E-state index in [-0.39, 0.29) is 12.8 Å². The first-order chi connectivity index (χ1) is 15.3. The van der Waals surface area contributed by atoms with Gasteiger partial charge in [0.2, 0.25) is 0 Å². The van der Waals surface area contributed by atoms with Crippen LogP contribution in [0.2, 0.25) is 0 Å². The van der Waals surface area contributed by atoms with Crippen LogP contribution in [0.15, 0.2) is 59.2 Å². The third kappa shape index (κ3) is 4.77. The van der Waals surface area contributed by atoms with E-state index in [0.717, 1.165) is 15.4 Å². The number of ether oxygens (including phenoxy) is 3. The van der Waals surface area contributed by atoms with Crippen LogP contribution in [0.5, 0.6) is 0 Å². The van der Waals surface area contributed by atoms with Gasteiger partial charge in [-0.25, -0.2) is 14.4 Å². The van der Waals surface area contributed by atoms with Gasteiger partial charge in [-0.1, -0.05) is 46.3 Å². The third-order valence-corrected chi connectivity index (χ3v) is 5.71. The van der Waals surface area contributed by atoms with E-state index in [1.54, 1.807) is 18.3 Å². The van der Waals surface area contributed by atoms with E-state index < -0.39 is 23.7 Å². The van der Waals surface area contributed by atoms with Crippen molar-refractivity contribution in [3.05, 3.63) is 70.3 Å². The zero-order valence-corrected chi connectivity index (χ0v) is 19.5. The van der Waals surface area contributed by atoms with Crippen LogP contribution >= 0.6 is 15.9 Å². The van der Waals surface area contributed by atoms with Crippen molar-refractivity contribution in [1.29, 1.82) is 0 Å². The largest absolute Gasteiger partial charge is 0.467 e. The van der Waals surface area contributed by atoms with E-state index in [4.69, 9.17) is 14.2 Å². The SMILES string of the molecule is COC(=O)N[C@](Cc1ccc(Br)cc1)(Cc1cn(C(=O)OC)c2ccccc12)C(=O)OC. The Kier molecular flexibility index (Phi) is 7.19. The normalized spacial score (nSPS) is 12.6. The van der Waals surface area contributed by atoms with Crippen molar-refractivity contribution in [2.24, 2.45) is 0 Å². The summed E-state index contributed by atoms with van der Waals surface area (Å²) in [4.78, 5) is 37.7. The minimum Gasteiger partial charge on any atom is -0.467 e. The highest BCUT2D eigenvalue weighted by molar-refractivity contribution is 9.10. The van der Waals surface area contributed by atoms with Gasteiger partial charge in [0, 0.05) is 28.9 Å². The summed E-state index contributed by atoms with van der Waals surface area (Å²) in [5, 5.41) is 3.43. The average Bonchev–Trinajstić information content (AvgIpc) is 3.17.